The molecule has 3 aliphatic rings. The molecule has 0 spiro atoms. The van der Waals surface area contributed by atoms with Crippen molar-refractivity contribution in [2.24, 2.45) is 0 Å². The van der Waals surface area contributed by atoms with E-state index in [1.165, 1.54) is 5.56 Å². The molecule has 2 aromatic rings. The van der Waals surface area contributed by atoms with Crippen LogP contribution < -0.4 is 20.9 Å². The van der Waals surface area contributed by atoms with Crippen LogP contribution in [0.3, 0.4) is 0 Å². The van der Waals surface area contributed by atoms with Crippen LogP contribution in [0.15, 0.2) is 12.4 Å². The summed E-state index contributed by atoms with van der Waals surface area (Å²) in [5.74, 6) is 2.10. The molecule has 2 saturated heterocycles. The van der Waals surface area contributed by atoms with Crippen LogP contribution in [0.2, 0.25) is 0 Å². The Morgan fingerprint density at radius 3 is 2.67 bits per heavy atom. The molecular formula is C21H30N8O. The van der Waals surface area contributed by atoms with Crippen LogP contribution in [0.5, 0.6) is 0 Å². The molecule has 0 amide bonds. The molecule has 5 heterocycles. The SMILES string of the molecule is C[C@H]1COCCN1c1nc(-c2cnc(N)nc2)c2c(n1)N(C1(C)CCNCC1)CC2. The quantitative estimate of drug-likeness (QED) is 0.773. The van der Waals surface area contributed by atoms with Gasteiger partial charge in [0.15, 0.2) is 0 Å². The van der Waals surface area contributed by atoms with Gasteiger partial charge in [-0.1, -0.05) is 0 Å². The minimum atomic E-state index is 0.105. The van der Waals surface area contributed by atoms with Gasteiger partial charge >= 0.3 is 0 Å². The van der Waals surface area contributed by atoms with Gasteiger partial charge in [0, 0.05) is 42.1 Å². The highest BCUT2D eigenvalue weighted by atomic mass is 16.5. The van der Waals surface area contributed by atoms with Crippen molar-refractivity contribution in [3.63, 3.8) is 0 Å². The summed E-state index contributed by atoms with van der Waals surface area (Å²) in [6.45, 7) is 9.75. The number of nitrogen functional groups attached to an aromatic ring is 1. The number of rotatable bonds is 3. The van der Waals surface area contributed by atoms with Gasteiger partial charge in [-0.3, -0.25) is 0 Å². The number of fused-ring (bicyclic) bond motifs is 1. The van der Waals surface area contributed by atoms with Gasteiger partial charge in [-0.15, -0.1) is 0 Å². The predicted octanol–water partition coefficient (Wildman–Crippen LogP) is 1.25. The Labute approximate surface area is 177 Å². The van der Waals surface area contributed by atoms with Gasteiger partial charge in [-0.2, -0.15) is 4.98 Å². The average molecular weight is 411 g/mol. The third-order valence-electron chi connectivity index (χ3n) is 6.72. The van der Waals surface area contributed by atoms with Crippen LogP contribution in [0.25, 0.3) is 11.3 Å². The number of aromatic nitrogens is 4. The lowest BCUT2D eigenvalue weighted by atomic mass is 9.89. The molecule has 3 aliphatic heterocycles. The number of ether oxygens (including phenoxy) is 1. The highest BCUT2D eigenvalue weighted by Gasteiger charge is 2.40. The lowest BCUT2D eigenvalue weighted by molar-refractivity contribution is 0.0981. The van der Waals surface area contributed by atoms with Crippen LogP contribution in [0.1, 0.15) is 32.3 Å². The van der Waals surface area contributed by atoms with E-state index in [4.69, 9.17) is 20.4 Å². The average Bonchev–Trinajstić information content (AvgIpc) is 3.20. The second kappa shape index (κ2) is 7.63. The third-order valence-corrected chi connectivity index (χ3v) is 6.72. The molecular weight excluding hydrogens is 380 g/mol. The van der Waals surface area contributed by atoms with E-state index in [0.29, 0.717) is 13.2 Å². The zero-order chi connectivity index (χ0) is 20.7. The molecule has 0 unspecified atom stereocenters. The van der Waals surface area contributed by atoms with Crippen LogP contribution in [0.4, 0.5) is 17.7 Å². The van der Waals surface area contributed by atoms with Crippen molar-refractivity contribution < 1.29 is 4.74 Å². The molecule has 0 saturated carbocycles. The Balaban J connectivity index is 1.62. The van der Waals surface area contributed by atoms with Gasteiger partial charge in [0.05, 0.1) is 24.9 Å². The molecule has 2 aromatic heterocycles. The number of hydrogen-bond acceptors (Lipinski definition) is 9. The molecule has 5 rings (SSSR count). The first-order chi connectivity index (χ1) is 14.5. The monoisotopic (exact) mass is 410 g/mol. The summed E-state index contributed by atoms with van der Waals surface area (Å²) in [5.41, 5.74) is 8.84. The predicted molar refractivity (Wildman–Crippen MR) is 117 cm³/mol. The summed E-state index contributed by atoms with van der Waals surface area (Å²) in [6, 6.07) is 0.233. The van der Waals surface area contributed by atoms with Crippen molar-refractivity contribution in [3.8, 4) is 11.3 Å². The number of piperidine rings is 1. The van der Waals surface area contributed by atoms with Gasteiger partial charge in [0.1, 0.15) is 5.82 Å². The summed E-state index contributed by atoms with van der Waals surface area (Å²) in [6.07, 6.45) is 6.69. The van der Waals surface area contributed by atoms with Crippen molar-refractivity contribution in [1.29, 1.82) is 0 Å². The van der Waals surface area contributed by atoms with Crippen molar-refractivity contribution >= 4 is 17.7 Å². The Kier molecular flexibility index (Phi) is 4.94. The van der Waals surface area contributed by atoms with E-state index in [0.717, 1.165) is 68.5 Å². The first-order valence-electron chi connectivity index (χ1n) is 10.9. The summed E-state index contributed by atoms with van der Waals surface area (Å²) in [7, 11) is 0. The van der Waals surface area contributed by atoms with E-state index in [1.807, 2.05) is 0 Å². The summed E-state index contributed by atoms with van der Waals surface area (Å²) >= 11 is 0. The smallest absolute Gasteiger partial charge is 0.228 e. The van der Waals surface area contributed by atoms with Crippen LogP contribution in [-0.2, 0) is 11.2 Å². The molecule has 30 heavy (non-hydrogen) atoms. The maximum absolute atomic E-state index is 5.73. The largest absolute Gasteiger partial charge is 0.377 e. The van der Waals surface area contributed by atoms with Crippen LogP contribution in [-0.4, -0.2) is 70.9 Å². The van der Waals surface area contributed by atoms with Gasteiger partial charge < -0.3 is 25.6 Å². The Bertz CT molecular complexity index is 912. The Morgan fingerprint density at radius 2 is 1.93 bits per heavy atom. The first kappa shape index (κ1) is 19.4. The van der Waals surface area contributed by atoms with Gasteiger partial charge in [-0.25, -0.2) is 15.0 Å². The second-order valence-electron chi connectivity index (χ2n) is 8.77. The molecule has 9 heteroatoms. The van der Waals surface area contributed by atoms with Crippen LogP contribution in [0, 0.1) is 0 Å². The summed E-state index contributed by atoms with van der Waals surface area (Å²) < 4.78 is 5.64. The second-order valence-corrected chi connectivity index (χ2v) is 8.77. The molecule has 1 atom stereocenters. The van der Waals surface area contributed by atoms with E-state index >= 15 is 0 Å². The Hall–Kier alpha value is -2.52. The van der Waals surface area contributed by atoms with E-state index in [-0.39, 0.29) is 17.5 Å². The molecule has 160 valence electrons. The molecule has 9 nitrogen and oxygen atoms in total. The standard InChI is InChI=1S/C21H30N8O/c1-14-13-30-10-9-28(14)20-26-17(15-11-24-19(22)25-12-15)16-3-8-29(18(16)27-20)21(2)4-6-23-7-5-21/h11-12,14,23H,3-10,13H2,1-2H3,(H2,22,24,25)/t14-/m0/s1. The lowest BCUT2D eigenvalue weighted by Crippen LogP contribution is -2.52. The van der Waals surface area contributed by atoms with E-state index in [9.17, 15) is 0 Å². The topological polar surface area (TPSA) is 105 Å². The zero-order valence-electron chi connectivity index (χ0n) is 17.8. The van der Waals surface area contributed by atoms with Gasteiger partial charge in [0.25, 0.3) is 0 Å². The molecule has 2 fully saturated rings. The Morgan fingerprint density at radius 1 is 1.17 bits per heavy atom. The lowest BCUT2D eigenvalue weighted by Gasteiger charge is -2.43. The molecule has 0 bridgehead atoms. The summed E-state index contributed by atoms with van der Waals surface area (Å²) in [4.78, 5) is 23.3. The number of morpholine rings is 1. The normalized spacial score (nSPS) is 23.5. The fraction of sp³-hybridized carbons (Fsp3) is 0.619. The molecule has 0 aromatic carbocycles. The number of nitrogens with zero attached hydrogens (tertiary/aromatic N) is 6. The molecule has 3 N–H and O–H groups in total. The number of nitrogens with two attached hydrogens (primary N) is 1. The summed E-state index contributed by atoms with van der Waals surface area (Å²) in [5, 5.41) is 3.49. The van der Waals surface area contributed by atoms with E-state index < -0.39 is 0 Å². The maximum atomic E-state index is 5.73. The highest BCUT2D eigenvalue weighted by molar-refractivity contribution is 5.73. The molecule has 0 aliphatic carbocycles. The number of anilines is 3. The van der Waals surface area contributed by atoms with Crippen molar-refractivity contribution in [3.05, 3.63) is 18.0 Å². The van der Waals surface area contributed by atoms with Crippen LogP contribution >= 0.6 is 0 Å². The first-order valence-corrected chi connectivity index (χ1v) is 10.9. The highest BCUT2D eigenvalue weighted by Crippen LogP contribution is 2.41. The van der Waals surface area contributed by atoms with Crippen molar-refractivity contribution in [1.82, 2.24) is 25.3 Å². The maximum Gasteiger partial charge on any atom is 0.228 e. The van der Waals surface area contributed by atoms with Crippen molar-refractivity contribution in [2.45, 2.75) is 44.7 Å². The number of nitrogens with one attached hydrogen (secondary N) is 1. The molecule has 0 radical (unpaired) electrons. The van der Waals surface area contributed by atoms with Gasteiger partial charge in [0.2, 0.25) is 11.9 Å². The fourth-order valence-electron chi connectivity index (χ4n) is 4.86. The zero-order valence-corrected chi connectivity index (χ0v) is 17.8. The fourth-order valence-corrected chi connectivity index (χ4v) is 4.86. The number of hydrogen-bond donors (Lipinski definition) is 2. The third kappa shape index (κ3) is 3.35. The van der Waals surface area contributed by atoms with Gasteiger partial charge in [-0.05, 0) is 46.2 Å². The van der Waals surface area contributed by atoms with Crippen molar-refractivity contribution in [2.75, 3.05) is 54.9 Å². The minimum absolute atomic E-state index is 0.105. The minimum Gasteiger partial charge on any atom is -0.377 e. The van der Waals surface area contributed by atoms with E-state index in [1.54, 1.807) is 12.4 Å². The van der Waals surface area contributed by atoms with E-state index in [2.05, 4.69) is 38.9 Å².